The third-order valence-corrected chi connectivity index (χ3v) is 7.21. The smallest absolute Gasteiger partial charge is 0.00262 e. The van der Waals surface area contributed by atoms with Crippen LogP contribution in [-0.2, 0) is 6.42 Å². The minimum absolute atomic E-state index is 0.883. The van der Waals surface area contributed by atoms with Crippen LogP contribution in [0.25, 0.3) is 54.6 Å². The van der Waals surface area contributed by atoms with Crippen molar-refractivity contribution in [2.75, 3.05) is 0 Å². The fourth-order valence-corrected chi connectivity index (χ4v) is 5.34. The van der Waals surface area contributed by atoms with Crippen LogP contribution in [0, 0.1) is 0 Å². The molecule has 0 aromatic heterocycles. The molecule has 0 atom stereocenters. The van der Waals surface area contributed by atoms with E-state index in [-0.39, 0.29) is 0 Å². The van der Waals surface area contributed by atoms with E-state index in [1.54, 1.807) is 6.20 Å². The van der Waals surface area contributed by atoms with E-state index in [4.69, 9.17) is 5.73 Å². The van der Waals surface area contributed by atoms with Crippen molar-refractivity contribution in [1.29, 1.82) is 0 Å². The van der Waals surface area contributed by atoms with E-state index in [2.05, 4.69) is 127 Å². The summed E-state index contributed by atoms with van der Waals surface area (Å²) in [5, 5.41) is 7.64. The van der Waals surface area contributed by atoms with Gasteiger partial charge in [-0.25, -0.2) is 0 Å². The van der Waals surface area contributed by atoms with Crippen LogP contribution in [-0.4, -0.2) is 0 Å². The van der Waals surface area contributed by atoms with E-state index < -0.39 is 0 Å². The van der Waals surface area contributed by atoms with E-state index >= 15 is 0 Å². The third-order valence-electron chi connectivity index (χ3n) is 7.21. The van der Waals surface area contributed by atoms with Gasteiger partial charge in [-0.3, -0.25) is 0 Å². The molecule has 1 nitrogen and oxygen atoms in total. The summed E-state index contributed by atoms with van der Waals surface area (Å²) in [4.78, 5) is 0. The zero-order valence-corrected chi connectivity index (χ0v) is 21.0. The van der Waals surface area contributed by atoms with Gasteiger partial charge in [-0.15, -0.1) is 0 Å². The van der Waals surface area contributed by atoms with Crippen LogP contribution in [0.3, 0.4) is 0 Å². The predicted molar refractivity (Wildman–Crippen MR) is 161 cm³/mol. The van der Waals surface area contributed by atoms with E-state index in [1.807, 2.05) is 6.92 Å². The SMILES string of the molecule is CC(/C=C\Cc1ccc(-c2c3ccccc3c(-c3ccc4ccccc4c3)c3ccccc23)cc1)=C/N. The van der Waals surface area contributed by atoms with Gasteiger partial charge in [-0.05, 0) is 91.3 Å². The highest BCUT2D eigenvalue weighted by Gasteiger charge is 2.16. The largest absolute Gasteiger partial charge is 0.404 e. The average molecular weight is 476 g/mol. The number of hydrogen-bond acceptors (Lipinski definition) is 1. The van der Waals surface area contributed by atoms with Crippen LogP contribution in [0.15, 0.2) is 139 Å². The first-order valence-corrected chi connectivity index (χ1v) is 12.8. The van der Waals surface area contributed by atoms with E-state index in [0.717, 1.165) is 12.0 Å². The lowest BCUT2D eigenvalue weighted by Gasteiger charge is -2.18. The van der Waals surface area contributed by atoms with E-state index in [1.165, 1.54) is 60.1 Å². The molecule has 0 heterocycles. The Morgan fingerprint density at radius 3 is 1.70 bits per heavy atom. The van der Waals surface area contributed by atoms with Crippen molar-refractivity contribution in [3.05, 3.63) is 145 Å². The molecule has 0 aliphatic rings. The summed E-state index contributed by atoms with van der Waals surface area (Å²) >= 11 is 0. The van der Waals surface area contributed by atoms with Crippen molar-refractivity contribution in [3.63, 3.8) is 0 Å². The summed E-state index contributed by atoms with van der Waals surface area (Å²) in [6.45, 7) is 2.01. The second-order valence-electron chi connectivity index (χ2n) is 9.62. The molecule has 0 amide bonds. The molecule has 6 rings (SSSR count). The lowest BCUT2D eigenvalue weighted by Crippen LogP contribution is -1.91. The molecule has 6 aromatic rings. The van der Waals surface area contributed by atoms with Gasteiger partial charge in [0.1, 0.15) is 0 Å². The lowest BCUT2D eigenvalue weighted by molar-refractivity contribution is 1.26. The average Bonchev–Trinajstić information content (AvgIpc) is 2.96. The number of fused-ring (bicyclic) bond motifs is 3. The first-order valence-electron chi connectivity index (χ1n) is 12.8. The maximum atomic E-state index is 5.59. The van der Waals surface area contributed by atoms with Crippen LogP contribution in [0.2, 0.25) is 0 Å². The molecule has 0 radical (unpaired) electrons. The number of benzene rings is 6. The summed E-state index contributed by atoms with van der Waals surface area (Å²) in [5.74, 6) is 0. The Balaban J connectivity index is 1.54. The number of allylic oxidation sites excluding steroid dienone is 3. The molecule has 2 N–H and O–H groups in total. The van der Waals surface area contributed by atoms with Crippen LogP contribution in [0.1, 0.15) is 12.5 Å². The van der Waals surface area contributed by atoms with E-state index in [9.17, 15) is 0 Å². The van der Waals surface area contributed by atoms with Crippen molar-refractivity contribution >= 4 is 32.3 Å². The van der Waals surface area contributed by atoms with Crippen molar-refractivity contribution in [2.45, 2.75) is 13.3 Å². The molecule has 0 unspecified atom stereocenters. The van der Waals surface area contributed by atoms with Crippen LogP contribution < -0.4 is 5.73 Å². The van der Waals surface area contributed by atoms with Gasteiger partial charge in [0.15, 0.2) is 0 Å². The van der Waals surface area contributed by atoms with E-state index in [0.29, 0.717) is 0 Å². The van der Waals surface area contributed by atoms with Crippen LogP contribution in [0.5, 0.6) is 0 Å². The fraction of sp³-hybridized carbons (Fsp3) is 0.0556. The second kappa shape index (κ2) is 9.79. The zero-order chi connectivity index (χ0) is 25.2. The molecule has 37 heavy (non-hydrogen) atoms. The van der Waals surface area contributed by atoms with Crippen LogP contribution in [0.4, 0.5) is 0 Å². The van der Waals surface area contributed by atoms with Gasteiger partial charge in [-0.2, -0.15) is 0 Å². The molecule has 0 fully saturated rings. The van der Waals surface area contributed by atoms with Gasteiger partial charge >= 0.3 is 0 Å². The number of nitrogens with two attached hydrogens (primary N) is 1. The normalized spacial score (nSPS) is 12.2. The highest BCUT2D eigenvalue weighted by molar-refractivity contribution is 6.21. The van der Waals surface area contributed by atoms with Gasteiger partial charge in [0.2, 0.25) is 0 Å². The minimum Gasteiger partial charge on any atom is -0.404 e. The fourth-order valence-electron chi connectivity index (χ4n) is 5.34. The van der Waals surface area contributed by atoms with Gasteiger partial charge in [0.05, 0.1) is 0 Å². The maximum absolute atomic E-state index is 5.59. The molecule has 0 bridgehead atoms. The Morgan fingerprint density at radius 2 is 1.11 bits per heavy atom. The molecule has 0 saturated carbocycles. The number of rotatable bonds is 5. The van der Waals surface area contributed by atoms with Crippen molar-refractivity contribution in [2.24, 2.45) is 5.73 Å². The Kier molecular flexibility index (Phi) is 6.04. The molecule has 0 spiro atoms. The summed E-state index contributed by atoms with van der Waals surface area (Å²) in [6, 6.07) is 42.1. The zero-order valence-electron chi connectivity index (χ0n) is 21.0. The topological polar surface area (TPSA) is 26.0 Å². The molecular formula is C36H29N. The van der Waals surface area contributed by atoms with Crippen molar-refractivity contribution in [3.8, 4) is 22.3 Å². The Hall–Kier alpha value is -4.62. The second-order valence-corrected chi connectivity index (χ2v) is 9.62. The van der Waals surface area contributed by atoms with Gasteiger partial charge in [-0.1, -0.05) is 121 Å². The van der Waals surface area contributed by atoms with Crippen molar-refractivity contribution < 1.29 is 0 Å². The Morgan fingerprint density at radius 1 is 0.595 bits per heavy atom. The highest BCUT2D eigenvalue weighted by atomic mass is 14.5. The van der Waals surface area contributed by atoms with Crippen molar-refractivity contribution in [1.82, 2.24) is 0 Å². The molecule has 6 aromatic carbocycles. The maximum Gasteiger partial charge on any atom is -0.00262 e. The highest BCUT2D eigenvalue weighted by Crippen LogP contribution is 2.44. The van der Waals surface area contributed by atoms with Crippen LogP contribution >= 0.6 is 0 Å². The van der Waals surface area contributed by atoms with Gasteiger partial charge in [0.25, 0.3) is 0 Å². The molecular weight excluding hydrogens is 446 g/mol. The third kappa shape index (κ3) is 4.30. The predicted octanol–water partition coefficient (Wildman–Crippen LogP) is 9.44. The summed E-state index contributed by atoms with van der Waals surface area (Å²) in [6.07, 6.45) is 6.75. The first kappa shape index (κ1) is 22.8. The molecule has 178 valence electrons. The standard InChI is InChI=1S/C36H29N/c1-25(24-37)9-8-10-26-17-19-28(20-18-26)35-31-13-4-6-15-33(31)36(34-16-7-5-14-32(34)35)30-22-21-27-11-2-3-12-29(27)23-30/h2-9,11-24H,10,37H2,1H3/b9-8-,25-24-. The number of hydrogen-bond donors (Lipinski definition) is 1. The monoisotopic (exact) mass is 475 g/mol. The summed E-state index contributed by atoms with van der Waals surface area (Å²) in [5.41, 5.74) is 13.0. The Bertz CT molecular complexity index is 1750. The molecule has 0 aliphatic heterocycles. The quantitative estimate of drug-likeness (QED) is 0.195. The lowest BCUT2D eigenvalue weighted by atomic mass is 9.85. The minimum atomic E-state index is 0.883. The first-order chi connectivity index (χ1) is 18.2. The van der Waals surface area contributed by atoms with Gasteiger partial charge < -0.3 is 5.73 Å². The van der Waals surface area contributed by atoms with Gasteiger partial charge in [0, 0.05) is 0 Å². The summed E-state index contributed by atoms with van der Waals surface area (Å²) < 4.78 is 0. The Labute approximate surface area is 218 Å². The molecule has 0 aliphatic carbocycles. The molecule has 1 heteroatoms. The summed E-state index contributed by atoms with van der Waals surface area (Å²) in [7, 11) is 0. The molecule has 0 saturated heterocycles.